The maximum Gasteiger partial charge on any atom is 0.343 e. The Balaban J connectivity index is 2.01. The summed E-state index contributed by atoms with van der Waals surface area (Å²) in [5.41, 5.74) is -0.177. The Hall–Kier alpha value is -0.750. The molecule has 0 aromatic carbocycles. The Bertz CT molecular complexity index is 366. The van der Waals surface area contributed by atoms with Gasteiger partial charge in [0, 0.05) is 12.8 Å². The molecule has 0 aliphatic carbocycles. The zero-order valence-corrected chi connectivity index (χ0v) is 8.35. The monoisotopic (exact) mass is 201 g/mol. The van der Waals surface area contributed by atoms with E-state index in [1.54, 1.807) is 7.05 Å². The fraction of sp³-hybridized carbons (Fsp3) is 0.714. The van der Waals surface area contributed by atoms with E-state index in [0.29, 0.717) is 5.16 Å². The van der Waals surface area contributed by atoms with E-state index in [4.69, 9.17) is 4.74 Å². The molecule has 0 radical (unpaired) electrons. The van der Waals surface area contributed by atoms with Gasteiger partial charge >= 0.3 is 5.69 Å². The number of aromatic nitrogens is 3. The molecule has 1 unspecified atom stereocenters. The second-order valence-electron chi connectivity index (χ2n) is 3.40. The largest absolute Gasteiger partial charge is 0.369 e. The van der Waals surface area contributed by atoms with Crippen molar-refractivity contribution in [3.8, 4) is 0 Å². The Morgan fingerprint density at radius 2 is 2.54 bits per heavy atom. The molecule has 0 bridgehead atoms. The minimum Gasteiger partial charge on any atom is -0.369 e. The molecule has 0 saturated carbocycles. The highest BCUT2D eigenvalue weighted by molar-refractivity contribution is 7.99. The third-order valence-corrected chi connectivity index (χ3v) is 3.36. The first kappa shape index (κ1) is 8.83. The van der Waals surface area contributed by atoms with Crippen molar-refractivity contribution in [3.63, 3.8) is 0 Å². The van der Waals surface area contributed by atoms with Crippen LogP contribution in [-0.4, -0.2) is 32.7 Å². The average Bonchev–Trinajstić information content (AvgIpc) is 2.75. The first-order chi connectivity index (χ1) is 6.11. The van der Waals surface area contributed by atoms with Crippen LogP contribution in [0.4, 0.5) is 0 Å². The predicted molar refractivity (Wildman–Crippen MR) is 48.9 cm³/mol. The van der Waals surface area contributed by atoms with Crippen LogP contribution < -0.4 is 5.69 Å². The number of nitrogens with zero attached hydrogens (tertiary/aromatic N) is 2. The molecule has 0 spiro atoms. The highest BCUT2D eigenvalue weighted by Gasteiger charge is 2.39. The molecule has 2 rings (SSSR count). The fourth-order valence-electron chi connectivity index (χ4n) is 0.885. The van der Waals surface area contributed by atoms with E-state index in [1.165, 1.54) is 16.3 Å². The van der Waals surface area contributed by atoms with Crippen molar-refractivity contribution in [2.75, 3.05) is 12.4 Å². The molecule has 1 saturated heterocycles. The quantitative estimate of drug-likeness (QED) is 0.552. The van der Waals surface area contributed by atoms with Crippen molar-refractivity contribution in [3.05, 3.63) is 10.5 Å². The van der Waals surface area contributed by atoms with Gasteiger partial charge in [-0.3, -0.25) is 4.57 Å². The van der Waals surface area contributed by atoms with Gasteiger partial charge in [-0.05, 0) is 6.92 Å². The van der Waals surface area contributed by atoms with Crippen LogP contribution in [-0.2, 0) is 11.8 Å². The van der Waals surface area contributed by atoms with Crippen LogP contribution in [0, 0.1) is 0 Å². The van der Waals surface area contributed by atoms with Crippen LogP contribution in [0.2, 0.25) is 0 Å². The molecule has 2 heterocycles. The van der Waals surface area contributed by atoms with E-state index in [2.05, 4.69) is 10.2 Å². The highest BCUT2D eigenvalue weighted by atomic mass is 32.2. The molecule has 13 heavy (non-hydrogen) atoms. The maximum absolute atomic E-state index is 11.0. The van der Waals surface area contributed by atoms with Gasteiger partial charge in [-0.15, -0.1) is 5.10 Å². The topological polar surface area (TPSA) is 63.2 Å². The molecule has 72 valence electrons. The summed E-state index contributed by atoms with van der Waals surface area (Å²) in [6, 6.07) is 0. The lowest BCUT2D eigenvalue weighted by atomic mass is 10.3. The summed E-state index contributed by atoms with van der Waals surface area (Å²) >= 11 is 1.53. The summed E-state index contributed by atoms with van der Waals surface area (Å²) in [6.45, 7) is 2.85. The summed E-state index contributed by atoms with van der Waals surface area (Å²) in [5, 5.41) is 6.98. The number of hydrogen-bond acceptors (Lipinski definition) is 4. The fourth-order valence-corrected chi connectivity index (χ4v) is 1.87. The van der Waals surface area contributed by atoms with Gasteiger partial charge in [0.1, 0.15) is 0 Å². The molecule has 6 heteroatoms. The van der Waals surface area contributed by atoms with Crippen LogP contribution in [0.5, 0.6) is 0 Å². The zero-order valence-electron chi connectivity index (χ0n) is 7.53. The van der Waals surface area contributed by atoms with E-state index in [1.807, 2.05) is 6.92 Å². The molecule has 5 nitrogen and oxygen atoms in total. The van der Waals surface area contributed by atoms with Crippen molar-refractivity contribution in [1.29, 1.82) is 0 Å². The standard InChI is InChI=1S/C7H11N3O2S/c1-7(3-12-7)4-13-6-9-8-5(11)10(6)2/h3-4H2,1-2H3,(H,8,11). The molecule has 1 fully saturated rings. The number of nitrogens with one attached hydrogen (secondary N) is 1. The van der Waals surface area contributed by atoms with Crippen molar-refractivity contribution in [2.24, 2.45) is 7.05 Å². The average molecular weight is 201 g/mol. The third kappa shape index (κ3) is 1.78. The van der Waals surface area contributed by atoms with Gasteiger partial charge < -0.3 is 4.74 Å². The van der Waals surface area contributed by atoms with Gasteiger partial charge in [0.15, 0.2) is 5.16 Å². The summed E-state index contributed by atoms with van der Waals surface area (Å²) in [5.74, 6) is 0.838. The molecule has 1 N–H and O–H groups in total. The van der Waals surface area contributed by atoms with E-state index in [0.717, 1.165) is 12.4 Å². The molecule has 1 aromatic rings. The number of thioether (sulfide) groups is 1. The van der Waals surface area contributed by atoms with Gasteiger partial charge in [-0.2, -0.15) is 0 Å². The molecular formula is C7H11N3O2S. The highest BCUT2D eigenvalue weighted by Crippen LogP contribution is 2.31. The minimum absolute atomic E-state index is 0.000333. The van der Waals surface area contributed by atoms with Gasteiger partial charge in [-0.1, -0.05) is 11.8 Å². The zero-order chi connectivity index (χ0) is 9.47. The van der Waals surface area contributed by atoms with E-state index in [9.17, 15) is 4.79 Å². The molecule has 1 atom stereocenters. The van der Waals surface area contributed by atoms with Gasteiger partial charge in [0.05, 0.1) is 12.2 Å². The van der Waals surface area contributed by atoms with Crippen molar-refractivity contribution >= 4 is 11.8 Å². The second-order valence-corrected chi connectivity index (χ2v) is 4.34. The van der Waals surface area contributed by atoms with E-state index >= 15 is 0 Å². The Kier molecular flexibility index (Phi) is 1.96. The summed E-state index contributed by atoms with van der Waals surface area (Å²) in [6.07, 6.45) is 0. The van der Waals surface area contributed by atoms with Crippen molar-refractivity contribution < 1.29 is 4.74 Å². The van der Waals surface area contributed by atoms with Crippen molar-refractivity contribution in [1.82, 2.24) is 14.8 Å². The van der Waals surface area contributed by atoms with Crippen LogP contribution in [0.1, 0.15) is 6.92 Å². The van der Waals surface area contributed by atoms with Gasteiger partial charge in [-0.25, -0.2) is 9.89 Å². The van der Waals surface area contributed by atoms with Gasteiger partial charge in [0.2, 0.25) is 0 Å². The van der Waals surface area contributed by atoms with Crippen LogP contribution in [0.3, 0.4) is 0 Å². The predicted octanol–water partition coefficient (Wildman–Crippen LogP) is -0.0106. The second kappa shape index (κ2) is 2.88. The smallest absolute Gasteiger partial charge is 0.343 e. The Morgan fingerprint density at radius 1 is 1.85 bits per heavy atom. The molecule has 1 aliphatic rings. The molecule has 1 aromatic heterocycles. The normalized spacial score (nSPS) is 26.3. The number of aromatic amines is 1. The summed E-state index contributed by atoms with van der Waals surface area (Å²) in [4.78, 5) is 11.0. The first-order valence-electron chi connectivity index (χ1n) is 3.99. The number of epoxide rings is 1. The maximum atomic E-state index is 11.0. The molecule has 1 aliphatic heterocycles. The van der Waals surface area contributed by atoms with Crippen LogP contribution in [0.25, 0.3) is 0 Å². The van der Waals surface area contributed by atoms with Crippen molar-refractivity contribution in [2.45, 2.75) is 17.7 Å². The molecular weight excluding hydrogens is 190 g/mol. The lowest BCUT2D eigenvalue weighted by Crippen LogP contribution is -2.14. The number of rotatable bonds is 3. The third-order valence-electron chi connectivity index (χ3n) is 1.98. The SMILES string of the molecule is Cn1c(SCC2(C)CO2)n[nH]c1=O. The Labute approximate surface area is 79.5 Å². The van der Waals surface area contributed by atoms with E-state index in [-0.39, 0.29) is 11.3 Å². The summed E-state index contributed by atoms with van der Waals surface area (Å²) < 4.78 is 6.71. The lowest BCUT2D eigenvalue weighted by molar-refractivity contribution is 0.348. The van der Waals surface area contributed by atoms with E-state index < -0.39 is 0 Å². The minimum atomic E-state index is -0.177. The number of H-pyrrole nitrogens is 1. The first-order valence-corrected chi connectivity index (χ1v) is 4.97. The molecule has 0 amide bonds. The lowest BCUT2D eigenvalue weighted by Gasteiger charge is -2.02. The Morgan fingerprint density at radius 3 is 3.00 bits per heavy atom. The summed E-state index contributed by atoms with van der Waals surface area (Å²) in [7, 11) is 1.70. The van der Waals surface area contributed by atoms with Crippen LogP contribution >= 0.6 is 11.8 Å². The number of hydrogen-bond donors (Lipinski definition) is 1. The van der Waals surface area contributed by atoms with Crippen LogP contribution in [0.15, 0.2) is 9.95 Å². The number of ether oxygens (including phenoxy) is 1. The van der Waals surface area contributed by atoms with Gasteiger partial charge in [0.25, 0.3) is 0 Å².